The predicted octanol–water partition coefficient (Wildman–Crippen LogP) is 4.30. The second kappa shape index (κ2) is 14.2. The fourth-order valence-corrected chi connectivity index (χ4v) is 3.05. The Balaban J connectivity index is 3.36. The van der Waals surface area contributed by atoms with Crippen LogP contribution in [0.4, 0.5) is 0 Å². The largest absolute Gasteiger partial charge is 0.493 e. The van der Waals surface area contributed by atoms with E-state index >= 15 is 0 Å². The second-order valence-corrected chi connectivity index (χ2v) is 6.93. The number of benzene rings is 1. The third-order valence-electron chi connectivity index (χ3n) is 4.63. The standard InChI is InChI=1S/C24H34O7/c1-6-9-10-11-12-19(25)13-17-15-21(28-4)22(29-5)16-18(17)14-20(23(26)30-7-2)24(27)31-8-3/h14-16H,6-13H2,1-5H3. The van der Waals surface area contributed by atoms with Gasteiger partial charge in [0.1, 0.15) is 11.4 Å². The van der Waals surface area contributed by atoms with E-state index in [1.807, 2.05) is 0 Å². The molecule has 0 unspecified atom stereocenters. The molecule has 172 valence electrons. The van der Waals surface area contributed by atoms with Gasteiger partial charge in [0.15, 0.2) is 11.5 Å². The molecule has 1 aromatic carbocycles. The lowest BCUT2D eigenvalue weighted by molar-refractivity contribution is -0.146. The van der Waals surface area contributed by atoms with Crippen molar-refractivity contribution in [3.63, 3.8) is 0 Å². The van der Waals surface area contributed by atoms with Gasteiger partial charge in [0.2, 0.25) is 0 Å². The van der Waals surface area contributed by atoms with Crippen LogP contribution in [0.1, 0.15) is 64.0 Å². The van der Waals surface area contributed by atoms with Crippen molar-refractivity contribution in [1.29, 1.82) is 0 Å². The number of hydrogen-bond donors (Lipinski definition) is 0. The van der Waals surface area contributed by atoms with Crippen molar-refractivity contribution < 1.29 is 33.3 Å². The summed E-state index contributed by atoms with van der Waals surface area (Å²) in [6.07, 6.45) is 6.05. The highest BCUT2D eigenvalue weighted by Gasteiger charge is 2.23. The van der Waals surface area contributed by atoms with Crippen LogP contribution in [0.25, 0.3) is 6.08 Å². The summed E-state index contributed by atoms with van der Waals surface area (Å²) in [4.78, 5) is 37.3. The van der Waals surface area contributed by atoms with Gasteiger partial charge < -0.3 is 18.9 Å². The lowest BCUT2D eigenvalue weighted by Gasteiger charge is -2.14. The Morgan fingerprint density at radius 3 is 1.94 bits per heavy atom. The molecule has 0 saturated carbocycles. The van der Waals surface area contributed by atoms with Crippen molar-refractivity contribution in [1.82, 2.24) is 0 Å². The van der Waals surface area contributed by atoms with Gasteiger partial charge in [-0.3, -0.25) is 4.79 Å². The molecule has 1 rings (SSSR count). The lowest BCUT2D eigenvalue weighted by atomic mass is 9.97. The predicted molar refractivity (Wildman–Crippen MR) is 118 cm³/mol. The van der Waals surface area contributed by atoms with E-state index in [-0.39, 0.29) is 31.0 Å². The van der Waals surface area contributed by atoms with Crippen LogP contribution in [0.5, 0.6) is 11.5 Å². The van der Waals surface area contributed by atoms with E-state index < -0.39 is 11.9 Å². The smallest absolute Gasteiger partial charge is 0.345 e. The van der Waals surface area contributed by atoms with Crippen LogP contribution in [-0.4, -0.2) is 45.2 Å². The summed E-state index contributed by atoms with van der Waals surface area (Å²) in [6.45, 7) is 5.66. The summed E-state index contributed by atoms with van der Waals surface area (Å²) < 4.78 is 20.7. The number of Topliss-reactive ketones (excluding diaryl/α,β-unsaturated/α-hetero) is 1. The van der Waals surface area contributed by atoms with Crippen LogP contribution in [0, 0.1) is 0 Å². The zero-order valence-corrected chi connectivity index (χ0v) is 19.2. The molecule has 1 aromatic rings. The van der Waals surface area contributed by atoms with Crippen LogP contribution in [0.2, 0.25) is 0 Å². The van der Waals surface area contributed by atoms with Crippen LogP contribution >= 0.6 is 0 Å². The molecular weight excluding hydrogens is 400 g/mol. The molecule has 0 aliphatic carbocycles. The van der Waals surface area contributed by atoms with Crippen molar-refractivity contribution >= 4 is 23.8 Å². The van der Waals surface area contributed by atoms with Gasteiger partial charge >= 0.3 is 11.9 Å². The van der Waals surface area contributed by atoms with E-state index in [0.29, 0.717) is 29.0 Å². The summed E-state index contributed by atoms with van der Waals surface area (Å²) in [6, 6.07) is 3.33. The zero-order valence-electron chi connectivity index (χ0n) is 19.2. The normalized spacial score (nSPS) is 10.2. The number of ether oxygens (including phenoxy) is 4. The maximum Gasteiger partial charge on any atom is 0.345 e. The summed E-state index contributed by atoms with van der Waals surface area (Å²) in [5, 5.41) is 0. The van der Waals surface area contributed by atoms with Crippen molar-refractivity contribution in [3.05, 3.63) is 28.8 Å². The molecule has 0 spiro atoms. The highest BCUT2D eigenvalue weighted by atomic mass is 16.6. The number of esters is 2. The molecule has 0 aromatic heterocycles. The Bertz CT molecular complexity index is 760. The Kier molecular flexibility index (Phi) is 12.0. The fourth-order valence-electron chi connectivity index (χ4n) is 3.05. The summed E-state index contributed by atoms with van der Waals surface area (Å²) in [7, 11) is 2.99. The monoisotopic (exact) mass is 434 g/mol. The number of rotatable bonds is 14. The van der Waals surface area contributed by atoms with Crippen molar-refractivity contribution in [2.24, 2.45) is 0 Å². The van der Waals surface area contributed by atoms with E-state index in [1.165, 1.54) is 20.3 Å². The van der Waals surface area contributed by atoms with Crippen molar-refractivity contribution in [2.75, 3.05) is 27.4 Å². The minimum absolute atomic E-state index is 0.0757. The number of unbranched alkanes of at least 4 members (excludes halogenated alkanes) is 3. The summed E-state index contributed by atoms with van der Waals surface area (Å²) in [5.74, 6) is -0.617. The molecule has 0 N–H and O–H groups in total. The van der Waals surface area contributed by atoms with Gasteiger partial charge in [0.05, 0.1) is 27.4 Å². The minimum Gasteiger partial charge on any atom is -0.493 e. The zero-order chi connectivity index (χ0) is 23.2. The molecule has 0 aliphatic rings. The van der Waals surface area contributed by atoms with Crippen LogP contribution < -0.4 is 9.47 Å². The molecule has 0 amide bonds. The van der Waals surface area contributed by atoms with Gasteiger partial charge in [0, 0.05) is 12.8 Å². The quantitative estimate of drug-likeness (QED) is 0.142. The van der Waals surface area contributed by atoms with Gasteiger partial charge in [-0.2, -0.15) is 0 Å². The number of ketones is 1. The maximum atomic E-state index is 12.6. The van der Waals surface area contributed by atoms with Crippen molar-refractivity contribution in [2.45, 2.75) is 59.3 Å². The Morgan fingerprint density at radius 1 is 0.839 bits per heavy atom. The third-order valence-corrected chi connectivity index (χ3v) is 4.63. The highest BCUT2D eigenvalue weighted by Crippen LogP contribution is 2.32. The molecule has 7 heteroatoms. The van der Waals surface area contributed by atoms with Gasteiger partial charge in [-0.25, -0.2) is 9.59 Å². The summed E-state index contributed by atoms with van der Waals surface area (Å²) >= 11 is 0. The van der Waals surface area contributed by atoms with E-state index in [0.717, 1.165) is 25.7 Å². The molecule has 0 heterocycles. The number of carbonyl (C=O) groups is 3. The first-order valence-electron chi connectivity index (χ1n) is 10.7. The topological polar surface area (TPSA) is 88.1 Å². The average molecular weight is 435 g/mol. The van der Waals surface area contributed by atoms with Gasteiger partial charge in [0.25, 0.3) is 0 Å². The average Bonchev–Trinajstić information content (AvgIpc) is 2.75. The van der Waals surface area contributed by atoms with Crippen LogP contribution in [-0.2, 0) is 30.3 Å². The molecule has 0 radical (unpaired) electrons. The molecule has 0 saturated heterocycles. The molecular formula is C24H34O7. The maximum absolute atomic E-state index is 12.6. The van der Waals surface area contributed by atoms with E-state index in [2.05, 4.69) is 6.92 Å². The van der Waals surface area contributed by atoms with E-state index in [4.69, 9.17) is 18.9 Å². The highest BCUT2D eigenvalue weighted by molar-refractivity contribution is 6.17. The first kappa shape index (κ1) is 26.2. The lowest BCUT2D eigenvalue weighted by Crippen LogP contribution is -2.18. The number of methoxy groups -OCH3 is 2. The Morgan fingerprint density at radius 2 is 1.42 bits per heavy atom. The van der Waals surface area contributed by atoms with E-state index in [9.17, 15) is 14.4 Å². The summed E-state index contributed by atoms with van der Waals surface area (Å²) in [5.41, 5.74) is 0.882. The number of carbonyl (C=O) groups excluding carboxylic acids is 3. The third kappa shape index (κ3) is 8.44. The van der Waals surface area contributed by atoms with Gasteiger partial charge in [-0.15, -0.1) is 0 Å². The molecule has 0 fully saturated rings. The van der Waals surface area contributed by atoms with E-state index in [1.54, 1.807) is 26.0 Å². The van der Waals surface area contributed by atoms with Crippen molar-refractivity contribution in [3.8, 4) is 11.5 Å². The first-order chi connectivity index (χ1) is 14.9. The molecule has 0 aliphatic heterocycles. The van der Waals surface area contributed by atoms with Gasteiger partial charge in [-0.1, -0.05) is 26.2 Å². The Labute approximate surface area is 184 Å². The second-order valence-electron chi connectivity index (χ2n) is 6.93. The fraction of sp³-hybridized carbons (Fsp3) is 0.542. The van der Waals surface area contributed by atoms with Gasteiger partial charge in [-0.05, 0) is 49.6 Å². The Hall–Kier alpha value is -2.83. The molecule has 7 nitrogen and oxygen atoms in total. The molecule has 31 heavy (non-hydrogen) atoms. The molecule has 0 bridgehead atoms. The first-order valence-corrected chi connectivity index (χ1v) is 10.7. The number of hydrogen-bond acceptors (Lipinski definition) is 7. The van der Waals surface area contributed by atoms with Crippen LogP contribution in [0.15, 0.2) is 17.7 Å². The minimum atomic E-state index is -0.785. The SMILES string of the molecule is CCCCCCC(=O)Cc1cc(OC)c(OC)cc1C=C(C(=O)OCC)C(=O)OCC. The van der Waals surface area contributed by atoms with Crippen LogP contribution in [0.3, 0.4) is 0 Å². The molecule has 0 atom stereocenters.